The molecule has 0 radical (unpaired) electrons. The number of ether oxygens (including phenoxy) is 3. The molecule has 1 aliphatic rings. The van der Waals surface area contributed by atoms with Crippen LogP contribution in [0.2, 0.25) is 0 Å². The Morgan fingerprint density at radius 1 is 1.11 bits per heavy atom. The molecule has 184 valence electrons. The Hall–Kier alpha value is -4.33. The van der Waals surface area contributed by atoms with Crippen LogP contribution >= 0.6 is 0 Å². The average molecular weight is 487 g/mol. The fraction of sp³-hybridized carbons (Fsp3) is 0.250. The van der Waals surface area contributed by atoms with Crippen LogP contribution in [0.4, 0.5) is 0 Å². The maximum Gasteiger partial charge on any atom is 0.306 e. The second-order valence-electron chi connectivity index (χ2n) is 8.81. The summed E-state index contributed by atoms with van der Waals surface area (Å²) >= 11 is 0. The minimum atomic E-state index is -0.577. The van der Waals surface area contributed by atoms with Gasteiger partial charge in [0.1, 0.15) is 17.2 Å². The number of phenolic OH excluding ortho intramolecular Hbond substituents is 1. The zero-order valence-corrected chi connectivity index (χ0v) is 20.3. The van der Waals surface area contributed by atoms with E-state index in [1.165, 1.54) is 7.11 Å². The van der Waals surface area contributed by atoms with Gasteiger partial charge in [-0.2, -0.15) is 0 Å². The molecule has 36 heavy (non-hydrogen) atoms. The summed E-state index contributed by atoms with van der Waals surface area (Å²) in [6, 6.07) is 16.2. The van der Waals surface area contributed by atoms with Crippen molar-refractivity contribution in [3.8, 4) is 23.1 Å². The topological polar surface area (TPSA) is 99.9 Å². The molecule has 0 bridgehead atoms. The molecule has 8 heteroatoms. The van der Waals surface area contributed by atoms with Gasteiger partial charge in [-0.25, -0.2) is 4.98 Å². The molecule has 5 rings (SSSR count). The molecular weight excluding hydrogens is 460 g/mol. The smallest absolute Gasteiger partial charge is 0.306 e. The second kappa shape index (κ2) is 9.37. The van der Waals surface area contributed by atoms with E-state index in [1.54, 1.807) is 23.8 Å². The highest BCUT2D eigenvalue weighted by Gasteiger charge is 2.34. The minimum Gasteiger partial charge on any atom is -0.508 e. The van der Waals surface area contributed by atoms with Gasteiger partial charge in [-0.05, 0) is 55.3 Å². The van der Waals surface area contributed by atoms with Crippen molar-refractivity contribution in [2.75, 3.05) is 14.2 Å². The number of methoxy groups -OCH3 is 2. The lowest BCUT2D eigenvalue weighted by atomic mass is 9.86. The van der Waals surface area contributed by atoms with Crippen molar-refractivity contribution >= 4 is 16.9 Å². The SMILES string of the molecule is COC(=O)C[C@@H]1c2cc3cc(OC)ccc3nc2Oc2cc(C)n(CCc3ccc(O)cc3)c(=O)c21. The van der Waals surface area contributed by atoms with E-state index >= 15 is 0 Å². The van der Waals surface area contributed by atoms with Crippen LogP contribution in [0.25, 0.3) is 10.9 Å². The molecular formula is C28H26N2O6. The number of pyridine rings is 2. The normalized spacial score (nSPS) is 14.0. The van der Waals surface area contributed by atoms with Crippen LogP contribution in [0.15, 0.2) is 59.4 Å². The molecule has 0 unspecified atom stereocenters. The molecule has 0 aliphatic carbocycles. The van der Waals surface area contributed by atoms with Gasteiger partial charge in [0.2, 0.25) is 5.88 Å². The van der Waals surface area contributed by atoms with Crippen molar-refractivity contribution < 1.29 is 24.1 Å². The number of nitrogens with zero attached hydrogens (tertiary/aromatic N) is 2. The third kappa shape index (κ3) is 4.26. The number of fused-ring (bicyclic) bond motifs is 3. The van der Waals surface area contributed by atoms with E-state index in [9.17, 15) is 14.7 Å². The number of aromatic hydroxyl groups is 1. The van der Waals surface area contributed by atoms with Crippen molar-refractivity contribution in [1.82, 2.24) is 9.55 Å². The third-order valence-corrected chi connectivity index (χ3v) is 6.61. The second-order valence-corrected chi connectivity index (χ2v) is 8.81. The maximum atomic E-state index is 13.8. The van der Waals surface area contributed by atoms with Gasteiger partial charge in [-0.3, -0.25) is 9.59 Å². The Bertz CT molecular complexity index is 1520. The number of hydrogen-bond donors (Lipinski definition) is 1. The lowest BCUT2D eigenvalue weighted by molar-refractivity contribution is -0.140. The monoisotopic (exact) mass is 486 g/mol. The lowest BCUT2D eigenvalue weighted by Gasteiger charge is -2.28. The van der Waals surface area contributed by atoms with E-state index in [4.69, 9.17) is 14.2 Å². The van der Waals surface area contributed by atoms with E-state index in [0.717, 1.165) is 16.6 Å². The zero-order valence-electron chi connectivity index (χ0n) is 20.3. The van der Waals surface area contributed by atoms with Crippen LogP contribution in [0, 0.1) is 6.92 Å². The highest BCUT2D eigenvalue weighted by molar-refractivity contribution is 5.83. The highest BCUT2D eigenvalue weighted by Crippen LogP contribution is 2.45. The van der Waals surface area contributed by atoms with Crippen LogP contribution in [-0.2, 0) is 22.5 Å². The predicted molar refractivity (Wildman–Crippen MR) is 134 cm³/mol. The molecule has 1 atom stereocenters. The Balaban J connectivity index is 1.61. The number of carbonyl (C=O) groups excluding carboxylic acids is 1. The van der Waals surface area contributed by atoms with Crippen LogP contribution in [-0.4, -0.2) is 34.8 Å². The minimum absolute atomic E-state index is 0.0206. The quantitative estimate of drug-likeness (QED) is 0.402. The summed E-state index contributed by atoms with van der Waals surface area (Å²) in [5.41, 5.74) is 3.30. The number of aryl methyl sites for hydroxylation is 2. The summed E-state index contributed by atoms with van der Waals surface area (Å²) in [6.07, 6.45) is 0.582. The summed E-state index contributed by atoms with van der Waals surface area (Å²) in [7, 11) is 2.92. The number of phenols is 1. The van der Waals surface area contributed by atoms with Crippen molar-refractivity contribution in [2.24, 2.45) is 0 Å². The molecule has 4 aromatic rings. The summed E-state index contributed by atoms with van der Waals surface area (Å²) in [6.45, 7) is 2.29. The predicted octanol–water partition coefficient (Wildman–Crippen LogP) is 4.46. The summed E-state index contributed by atoms with van der Waals surface area (Å²) in [4.78, 5) is 30.9. The summed E-state index contributed by atoms with van der Waals surface area (Å²) < 4.78 is 18.2. The van der Waals surface area contributed by atoms with Crippen molar-refractivity contribution in [3.05, 3.63) is 87.3 Å². The van der Waals surface area contributed by atoms with Gasteiger partial charge in [0.05, 0.1) is 31.7 Å². The van der Waals surface area contributed by atoms with E-state index in [2.05, 4.69) is 4.98 Å². The van der Waals surface area contributed by atoms with E-state index < -0.39 is 11.9 Å². The molecule has 2 aromatic carbocycles. The number of hydrogen-bond acceptors (Lipinski definition) is 7. The van der Waals surface area contributed by atoms with Gasteiger partial charge in [0, 0.05) is 35.2 Å². The van der Waals surface area contributed by atoms with E-state index in [0.29, 0.717) is 47.0 Å². The fourth-order valence-electron chi connectivity index (χ4n) is 4.68. The molecule has 0 saturated carbocycles. The first kappa shape index (κ1) is 23.4. The Labute approximate surface area is 207 Å². The number of esters is 1. The molecule has 3 heterocycles. The molecule has 0 spiro atoms. The average Bonchev–Trinajstić information content (AvgIpc) is 2.87. The van der Waals surface area contributed by atoms with Gasteiger partial charge in [-0.1, -0.05) is 12.1 Å². The van der Waals surface area contributed by atoms with Crippen LogP contribution < -0.4 is 15.0 Å². The van der Waals surface area contributed by atoms with Crippen LogP contribution in [0.1, 0.15) is 34.7 Å². The zero-order chi connectivity index (χ0) is 25.4. The Kier molecular flexibility index (Phi) is 6.10. The Morgan fingerprint density at radius 2 is 1.89 bits per heavy atom. The molecule has 0 fully saturated rings. The molecule has 1 N–H and O–H groups in total. The standard InChI is InChI=1S/C28H26N2O6/c1-16-12-24-26(28(33)30(16)11-10-17-4-6-19(31)7-5-17)21(15-25(32)35-3)22-14-18-13-20(34-2)8-9-23(18)29-27(22)36-24/h4-9,12-14,21,31H,10-11,15H2,1-3H3/t21-/m1/s1. The largest absolute Gasteiger partial charge is 0.508 e. The van der Waals surface area contributed by atoms with E-state index in [-0.39, 0.29) is 17.7 Å². The molecule has 2 aromatic heterocycles. The molecule has 0 amide bonds. The molecule has 8 nitrogen and oxygen atoms in total. The lowest BCUT2D eigenvalue weighted by Crippen LogP contribution is -2.31. The summed E-state index contributed by atoms with van der Waals surface area (Å²) in [5.74, 6) is 0.640. The van der Waals surface area contributed by atoms with Gasteiger partial charge in [0.25, 0.3) is 5.56 Å². The van der Waals surface area contributed by atoms with Crippen molar-refractivity contribution in [2.45, 2.75) is 32.2 Å². The Morgan fingerprint density at radius 3 is 2.61 bits per heavy atom. The number of rotatable bonds is 6. The summed E-state index contributed by atoms with van der Waals surface area (Å²) in [5, 5.41) is 10.4. The van der Waals surface area contributed by atoms with Crippen LogP contribution in [0.3, 0.4) is 0 Å². The van der Waals surface area contributed by atoms with E-state index in [1.807, 2.05) is 49.4 Å². The number of carbonyl (C=O) groups is 1. The molecule has 0 saturated heterocycles. The number of benzene rings is 2. The highest BCUT2D eigenvalue weighted by atomic mass is 16.5. The van der Waals surface area contributed by atoms with Gasteiger partial charge in [0.15, 0.2) is 0 Å². The van der Waals surface area contributed by atoms with Gasteiger partial charge < -0.3 is 23.9 Å². The van der Waals surface area contributed by atoms with Crippen molar-refractivity contribution in [1.29, 1.82) is 0 Å². The van der Waals surface area contributed by atoms with Crippen molar-refractivity contribution in [3.63, 3.8) is 0 Å². The number of aromatic nitrogens is 2. The first-order chi connectivity index (χ1) is 17.4. The molecule has 1 aliphatic heterocycles. The van der Waals surface area contributed by atoms with Gasteiger partial charge >= 0.3 is 5.97 Å². The third-order valence-electron chi connectivity index (χ3n) is 6.61. The fourth-order valence-corrected chi connectivity index (χ4v) is 4.68. The first-order valence-electron chi connectivity index (χ1n) is 11.6. The van der Waals surface area contributed by atoms with Crippen LogP contribution in [0.5, 0.6) is 23.1 Å². The maximum absolute atomic E-state index is 13.8. The van der Waals surface area contributed by atoms with Gasteiger partial charge in [-0.15, -0.1) is 0 Å². The first-order valence-corrected chi connectivity index (χ1v) is 11.6.